The first kappa shape index (κ1) is 19.9. The summed E-state index contributed by atoms with van der Waals surface area (Å²) < 4.78 is 11.3. The fraction of sp³-hybridized carbons (Fsp3) is 0.174. The molecule has 146 valence electrons. The van der Waals surface area contributed by atoms with Gasteiger partial charge in [0.2, 0.25) is 0 Å². The Bertz CT molecular complexity index is 1010. The van der Waals surface area contributed by atoms with E-state index >= 15 is 0 Å². The van der Waals surface area contributed by atoms with E-state index in [2.05, 4.69) is 10.3 Å². The SMILES string of the molecule is COc1cc([C@@H](C)NC(=O)c2ccc(C#N)cc2)ccc1OCc1ccncc1. The molecular weight excluding hydrogens is 366 g/mol. The molecule has 1 N–H and O–H groups in total. The van der Waals surface area contributed by atoms with Crippen molar-refractivity contribution in [3.05, 3.63) is 89.2 Å². The molecule has 0 saturated carbocycles. The second kappa shape index (κ2) is 9.38. The molecule has 6 nitrogen and oxygen atoms in total. The zero-order chi connectivity index (χ0) is 20.6. The maximum absolute atomic E-state index is 12.5. The van der Waals surface area contributed by atoms with Crippen LogP contribution in [0.25, 0.3) is 0 Å². The van der Waals surface area contributed by atoms with E-state index < -0.39 is 0 Å². The number of carbonyl (C=O) groups excluding carboxylic acids is 1. The van der Waals surface area contributed by atoms with Crippen LogP contribution in [0.15, 0.2) is 67.0 Å². The van der Waals surface area contributed by atoms with Crippen molar-refractivity contribution in [3.63, 3.8) is 0 Å². The van der Waals surface area contributed by atoms with Crippen molar-refractivity contribution in [2.24, 2.45) is 0 Å². The number of nitrogens with one attached hydrogen (secondary N) is 1. The van der Waals surface area contributed by atoms with E-state index in [1.807, 2.05) is 43.3 Å². The first-order chi connectivity index (χ1) is 14.1. The molecule has 0 radical (unpaired) electrons. The summed E-state index contributed by atoms with van der Waals surface area (Å²) in [6.45, 7) is 2.30. The molecule has 1 aromatic heterocycles. The van der Waals surface area contributed by atoms with E-state index in [1.165, 1.54) is 0 Å². The number of amides is 1. The van der Waals surface area contributed by atoms with Crippen LogP contribution in [0.4, 0.5) is 0 Å². The molecular formula is C23H21N3O3. The average Bonchev–Trinajstić information content (AvgIpc) is 2.78. The van der Waals surface area contributed by atoms with Gasteiger partial charge in [0.25, 0.3) is 5.91 Å². The fourth-order valence-corrected chi connectivity index (χ4v) is 2.77. The van der Waals surface area contributed by atoms with Crippen LogP contribution < -0.4 is 14.8 Å². The smallest absolute Gasteiger partial charge is 0.251 e. The Balaban J connectivity index is 1.67. The quantitative estimate of drug-likeness (QED) is 0.662. The molecule has 1 atom stereocenters. The molecule has 0 aliphatic rings. The summed E-state index contributed by atoms with van der Waals surface area (Å²) in [6.07, 6.45) is 3.44. The molecule has 0 unspecified atom stereocenters. The van der Waals surface area contributed by atoms with Crippen LogP contribution in [-0.2, 0) is 6.61 Å². The van der Waals surface area contributed by atoms with Gasteiger partial charge in [-0.25, -0.2) is 0 Å². The Labute approximate surface area is 169 Å². The van der Waals surface area contributed by atoms with E-state index in [4.69, 9.17) is 14.7 Å². The van der Waals surface area contributed by atoms with Gasteiger partial charge < -0.3 is 14.8 Å². The number of carbonyl (C=O) groups is 1. The van der Waals surface area contributed by atoms with E-state index in [1.54, 1.807) is 43.8 Å². The van der Waals surface area contributed by atoms with Crippen LogP contribution in [0.5, 0.6) is 11.5 Å². The molecule has 0 aliphatic carbocycles. The minimum atomic E-state index is -0.235. The maximum atomic E-state index is 12.5. The third-order valence-electron chi connectivity index (χ3n) is 4.46. The Kier molecular flexibility index (Phi) is 6.43. The number of hydrogen-bond acceptors (Lipinski definition) is 5. The molecule has 1 heterocycles. The molecule has 0 saturated heterocycles. The summed E-state index contributed by atoms with van der Waals surface area (Å²) in [4.78, 5) is 16.4. The molecule has 0 aliphatic heterocycles. The summed E-state index contributed by atoms with van der Waals surface area (Å²) >= 11 is 0. The zero-order valence-corrected chi connectivity index (χ0v) is 16.3. The third-order valence-corrected chi connectivity index (χ3v) is 4.46. The van der Waals surface area contributed by atoms with Crippen molar-refractivity contribution in [2.75, 3.05) is 7.11 Å². The van der Waals surface area contributed by atoms with Crippen molar-refractivity contribution >= 4 is 5.91 Å². The van der Waals surface area contributed by atoms with Gasteiger partial charge in [0.15, 0.2) is 11.5 Å². The monoisotopic (exact) mass is 387 g/mol. The number of methoxy groups -OCH3 is 1. The van der Waals surface area contributed by atoms with Crippen molar-refractivity contribution in [3.8, 4) is 17.6 Å². The summed E-state index contributed by atoms with van der Waals surface area (Å²) in [7, 11) is 1.58. The predicted molar refractivity (Wildman–Crippen MR) is 109 cm³/mol. The summed E-state index contributed by atoms with van der Waals surface area (Å²) in [5.41, 5.74) is 2.91. The van der Waals surface area contributed by atoms with Gasteiger partial charge in [0, 0.05) is 18.0 Å². The van der Waals surface area contributed by atoms with Gasteiger partial charge in [-0.15, -0.1) is 0 Å². The van der Waals surface area contributed by atoms with Crippen LogP contribution >= 0.6 is 0 Å². The largest absolute Gasteiger partial charge is 0.493 e. The number of nitrogens with zero attached hydrogens (tertiary/aromatic N) is 2. The van der Waals surface area contributed by atoms with Gasteiger partial charge in [-0.1, -0.05) is 6.07 Å². The topological polar surface area (TPSA) is 84.2 Å². The number of aromatic nitrogens is 1. The first-order valence-electron chi connectivity index (χ1n) is 9.11. The number of rotatable bonds is 7. The van der Waals surface area contributed by atoms with Gasteiger partial charge in [0.1, 0.15) is 6.61 Å². The van der Waals surface area contributed by atoms with Gasteiger partial charge in [-0.05, 0) is 66.6 Å². The number of pyridine rings is 1. The van der Waals surface area contributed by atoms with Crippen LogP contribution in [0, 0.1) is 11.3 Å². The number of ether oxygens (including phenoxy) is 2. The summed E-state index contributed by atoms with van der Waals surface area (Å²) in [5, 5.41) is 11.8. The molecule has 0 fully saturated rings. The Morgan fingerprint density at radius 2 is 1.83 bits per heavy atom. The maximum Gasteiger partial charge on any atom is 0.251 e. The normalized spacial score (nSPS) is 11.2. The molecule has 2 aromatic carbocycles. The lowest BCUT2D eigenvalue weighted by Gasteiger charge is -2.17. The lowest BCUT2D eigenvalue weighted by atomic mass is 10.1. The molecule has 0 bridgehead atoms. The molecule has 6 heteroatoms. The van der Waals surface area contributed by atoms with E-state index in [0.717, 1.165) is 11.1 Å². The number of benzene rings is 2. The van der Waals surface area contributed by atoms with Crippen molar-refractivity contribution in [1.82, 2.24) is 10.3 Å². The third kappa shape index (κ3) is 5.11. The fourth-order valence-electron chi connectivity index (χ4n) is 2.77. The van der Waals surface area contributed by atoms with E-state index in [9.17, 15) is 4.79 Å². The number of hydrogen-bond donors (Lipinski definition) is 1. The van der Waals surface area contributed by atoms with Crippen LogP contribution in [0.1, 0.15) is 40.0 Å². The molecule has 3 aromatic rings. The lowest BCUT2D eigenvalue weighted by molar-refractivity contribution is 0.0940. The summed E-state index contributed by atoms with van der Waals surface area (Å²) in [6, 6.07) is 17.7. The molecule has 0 spiro atoms. The minimum Gasteiger partial charge on any atom is -0.493 e. The zero-order valence-electron chi connectivity index (χ0n) is 16.3. The van der Waals surface area contributed by atoms with E-state index in [0.29, 0.717) is 29.2 Å². The van der Waals surface area contributed by atoms with Crippen molar-refractivity contribution < 1.29 is 14.3 Å². The average molecular weight is 387 g/mol. The lowest BCUT2D eigenvalue weighted by Crippen LogP contribution is -2.26. The van der Waals surface area contributed by atoms with Crippen molar-refractivity contribution in [1.29, 1.82) is 5.26 Å². The highest BCUT2D eigenvalue weighted by atomic mass is 16.5. The van der Waals surface area contributed by atoms with Crippen LogP contribution in [-0.4, -0.2) is 18.0 Å². The molecule has 29 heavy (non-hydrogen) atoms. The second-order valence-corrected chi connectivity index (χ2v) is 6.44. The van der Waals surface area contributed by atoms with Gasteiger partial charge in [-0.2, -0.15) is 5.26 Å². The van der Waals surface area contributed by atoms with Crippen molar-refractivity contribution in [2.45, 2.75) is 19.6 Å². The predicted octanol–water partition coefficient (Wildman–Crippen LogP) is 4.03. The standard InChI is InChI=1S/C23H21N3O3/c1-16(26-23(27)19-5-3-17(14-24)4-6-19)20-7-8-21(22(13-20)28-2)29-15-18-9-11-25-12-10-18/h3-13,16H,15H2,1-2H3,(H,26,27)/t16-/m1/s1. The molecule has 3 rings (SSSR count). The van der Waals surface area contributed by atoms with Gasteiger partial charge in [0.05, 0.1) is 24.8 Å². The van der Waals surface area contributed by atoms with Crippen LogP contribution in [0.2, 0.25) is 0 Å². The Morgan fingerprint density at radius 1 is 1.10 bits per heavy atom. The number of nitriles is 1. The molecule has 1 amide bonds. The highest BCUT2D eigenvalue weighted by Crippen LogP contribution is 2.31. The highest BCUT2D eigenvalue weighted by molar-refractivity contribution is 5.94. The van der Waals surface area contributed by atoms with Gasteiger partial charge >= 0.3 is 0 Å². The second-order valence-electron chi connectivity index (χ2n) is 6.44. The Hall–Kier alpha value is -3.85. The van der Waals surface area contributed by atoms with Gasteiger partial charge in [-0.3, -0.25) is 9.78 Å². The first-order valence-corrected chi connectivity index (χ1v) is 9.11. The summed E-state index contributed by atoms with van der Waals surface area (Å²) in [5.74, 6) is 1.01. The van der Waals surface area contributed by atoms with E-state index in [-0.39, 0.29) is 11.9 Å². The Morgan fingerprint density at radius 3 is 2.48 bits per heavy atom. The minimum absolute atomic E-state index is 0.209. The highest BCUT2D eigenvalue weighted by Gasteiger charge is 2.14. The van der Waals surface area contributed by atoms with Crippen LogP contribution in [0.3, 0.4) is 0 Å².